The largest absolute Gasteiger partial charge is 0.460 e. The number of hydrogen-bond acceptors (Lipinski definition) is 10. The number of alkyl halides is 2. The molecule has 8 aliphatic rings. The zero-order valence-corrected chi connectivity index (χ0v) is 37.8. The van der Waals surface area contributed by atoms with Crippen LogP contribution >= 0.6 is 0 Å². The summed E-state index contributed by atoms with van der Waals surface area (Å²) in [6, 6.07) is 0. The third-order valence-electron chi connectivity index (χ3n) is 18.0. The standard InChI is InChI=1S/C26H35FO5.C24H31FO5/c1-5-6-9-32-24(31)23(30)21-14(2)10-17-16-12-19(27)18-11-15(28)7-8-25(18,3)22(16)20(29)13-26(17,21)4;1-13-10-19-17-7-9-23(14(2)26,30-15(3)27)22(17,5)12-20(29)24(19,25)21(4)8-6-16(28)11-18(13)21/h7-8,11,14,16-17,19-22,29H,5-6,9-10,12-13H2,1-4H3;6,8,11,13,17,19-20,29H,7,9-10,12H2,1-5H3/t14-,16+,17+,19+,20+,21-,22-,25+,26+;13-,17-,19-,20-,21-,22-,23-,24-/m10/s1. The lowest BCUT2D eigenvalue weighted by Crippen LogP contribution is -2.70. The molecule has 17 atom stereocenters. The van der Waals surface area contributed by atoms with Gasteiger partial charge in [0.15, 0.2) is 28.6 Å². The van der Waals surface area contributed by atoms with E-state index in [9.17, 15) is 39.0 Å². The molecule has 0 aromatic rings. The van der Waals surface area contributed by atoms with Crippen molar-refractivity contribution < 1.29 is 57.2 Å². The van der Waals surface area contributed by atoms with Gasteiger partial charge in [-0.15, -0.1) is 0 Å². The van der Waals surface area contributed by atoms with E-state index in [1.54, 1.807) is 19.1 Å². The van der Waals surface area contributed by atoms with Crippen LogP contribution in [-0.2, 0) is 38.2 Å². The fourth-order valence-electron chi connectivity index (χ4n) is 15.4. The number of carbonyl (C=O) groups excluding carboxylic acids is 6. The van der Waals surface area contributed by atoms with Crippen molar-refractivity contribution in [2.75, 3.05) is 6.61 Å². The van der Waals surface area contributed by atoms with E-state index in [1.807, 2.05) is 41.5 Å². The number of aliphatic hydroxyl groups excluding tert-OH is 2. The van der Waals surface area contributed by atoms with Crippen molar-refractivity contribution in [3.8, 4) is 0 Å². The summed E-state index contributed by atoms with van der Waals surface area (Å²) < 4.78 is 43.4. The lowest BCUT2D eigenvalue weighted by Gasteiger charge is -2.63. The van der Waals surface area contributed by atoms with E-state index in [0.717, 1.165) is 12.0 Å². The van der Waals surface area contributed by atoms with E-state index < -0.39 is 80.9 Å². The van der Waals surface area contributed by atoms with Crippen LogP contribution < -0.4 is 0 Å². The molecule has 0 aromatic carbocycles. The molecule has 0 heterocycles. The highest BCUT2D eigenvalue weighted by molar-refractivity contribution is 6.34. The highest BCUT2D eigenvalue weighted by Gasteiger charge is 2.76. The van der Waals surface area contributed by atoms with Crippen LogP contribution in [0.2, 0.25) is 0 Å². The van der Waals surface area contributed by atoms with E-state index in [2.05, 4.69) is 0 Å². The summed E-state index contributed by atoms with van der Waals surface area (Å²) in [5.74, 6) is -4.14. The second-order valence-electron chi connectivity index (χ2n) is 21.2. The Kier molecular flexibility index (Phi) is 11.8. The molecule has 0 unspecified atom stereocenters. The number of aliphatic hydroxyl groups is 2. The third kappa shape index (κ3) is 6.55. The molecule has 0 saturated heterocycles. The Balaban J connectivity index is 0.000000187. The summed E-state index contributed by atoms with van der Waals surface area (Å²) in [5, 5.41) is 22.7. The summed E-state index contributed by atoms with van der Waals surface area (Å²) in [6.45, 7) is 16.5. The van der Waals surface area contributed by atoms with Gasteiger partial charge in [-0.2, -0.15) is 0 Å². The lowest BCUT2D eigenvalue weighted by molar-refractivity contribution is -0.226. The normalized spacial score (nSPS) is 47.1. The number of unbranched alkanes of at least 4 members (excludes halogenated alkanes) is 1. The van der Waals surface area contributed by atoms with Gasteiger partial charge in [-0.3, -0.25) is 24.0 Å². The molecular weight excluding hydrogens is 799 g/mol. The van der Waals surface area contributed by atoms with Crippen LogP contribution in [0.1, 0.15) is 120 Å². The SMILES string of the molecule is CC(=O)O[C@]1(C(C)=O)CC[C@H]2[C@@H]3C[C@H](C)C4=CC(=O)C=C[C@]4(C)[C@@]3(F)[C@@H](O)C[C@@]21C.CCCCOC(=O)C(=O)[C@H]1[C@H](C)C[C@H]2[C@@H]3C[C@H](F)C4=CC(=O)C=C[C@]4(C)[C@H]3[C@@H](O)C[C@@]21C. The molecule has 8 aliphatic carbocycles. The van der Waals surface area contributed by atoms with Gasteiger partial charge in [0.25, 0.3) is 0 Å². The molecule has 0 spiro atoms. The van der Waals surface area contributed by atoms with Crippen molar-refractivity contribution in [2.45, 2.75) is 150 Å². The van der Waals surface area contributed by atoms with Crippen molar-refractivity contribution in [3.05, 3.63) is 47.6 Å². The second kappa shape index (κ2) is 15.8. The molecule has 0 bridgehead atoms. The van der Waals surface area contributed by atoms with Crippen LogP contribution in [0.3, 0.4) is 0 Å². The fraction of sp³-hybridized carbons (Fsp3) is 0.720. The van der Waals surface area contributed by atoms with Crippen molar-refractivity contribution in [3.63, 3.8) is 0 Å². The van der Waals surface area contributed by atoms with Gasteiger partial charge in [0.1, 0.15) is 6.17 Å². The van der Waals surface area contributed by atoms with Gasteiger partial charge >= 0.3 is 11.9 Å². The van der Waals surface area contributed by atoms with E-state index >= 15 is 8.78 Å². The number of rotatable bonds is 7. The monoisotopic (exact) mass is 864 g/mol. The Hall–Kier alpha value is -3.64. The van der Waals surface area contributed by atoms with Crippen LogP contribution in [0.25, 0.3) is 0 Å². The molecule has 8 rings (SSSR count). The van der Waals surface area contributed by atoms with Crippen molar-refractivity contribution in [2.24, 2.45) is 69.0 Å². The van der Waals surface area contributed by atoms with Crippen LogP contribution in [0.5, 0.6) is 0 Å². The van der Waals surface area contributed by atoms with Gasteiger partial charge < -0.3 is 19.7 Å². The first-order valence-corrected chi connectivity index (χ1v) is 22.9. The number of halogens is 2. The third-order valence-corrected chi connectivity index (χ3v) is 18.0. The molecule has 10 nitrogen and oxygen atoms in total. The summed E-state index contributed by atoms with van der Waals surface area (Å²) >= 11 is 0. The van der Waals surface area contributed by atoms with Gasteiger partial charge in [-0.05, 0) is 130 Å². The average molecular weight is 865 g/mol. The van der Waals surface area contributed by atoms with E-state index in [4.69, 9.17) is 9.47 Å². The Labute approximate surface area is 364 Å². The minimum Gasteiger partial charge on any atom is -0.460 e. The van der Waals surface area contributed by atoms with Gasteiger partial charge in [0, 0.05) is 40.9 Å². The number of allylic oxidation sites excluding steroid dienone is 8. The van der Waals surface area contributed by atoms with Crippen LogP contribution in [-0.4, -0.2) is 81.5 Å². The number of hydrogen-bond donors (Lipinski definition) is 2. The van der Waals surface area contributed by atoms with Gasteiger partial charge in [0.05, 0.1) is 18.8 Å². The number of esters is 2. The predicted molar refractivity (Wildman–Crippen MR) is 225 cm³/mol. The van der Waals surface area contributed by atoms with Gasteiger partial charge in [-0.1, -0.05) is 65.7 Å². The number of Topliss-reactive ketones (excluding diaryl/α,β-unsaturated/α-hetero) is 2. The first-order chi connectivity index (χ1) is 28.9. The molecule has 0 amide bonds. The molecule has 340 valence electrons. The van der Waals surface area contributed by atoms with Crippen molar-refractivity contribution in [1.82, 2.24) is 0 Å². The Morgan fingerprint density at radius 2 is 1.52 bits per heavy atom. The highest BCUT2D eigenvalue weighted by atomic mass is 19.1. The maximum Gasteiger partial charge on any atom is 0.374 e. The maximum absolute atomic E-state index is 17.1. The Morgan fingerprint density at radius 3 is 2.15 bits per heavy atom. The van der Waals surface area contributed by atoms with Crippen LogP contribution in [0.15, 0.2) is 47.6 Å². The summed E-state index contributed by atoms with van der Waals surface area (Å²) in [5.41, 5.74) is -5.37. The zero-order valence-electron chi connectivity index (χ0n) is 37.8. The minimum absolute atomic E-state index is 0.0194. The smallest absolute Gasteiger partial charge is 0.374 e. The van der Waals surface area contributed by atoms with E-state index in [-0.39, 0.29) is 72.3 Å². The maximum atomic E-state index is 17.1. The van der Waals surface area contributed by atoms with Crippen LogP contribution in [0, 0.1) is 69.0 Å². The molecule has 12 heteroatoms. The average Bonchev–Trinajstić information content (AvgIpc) is 3.62. The second-order valence-corrected chi connectivity index (χ2v) is 21.2. The highest BCUT2D eigenvalue weighted by Crippen LogP contribution is 2.72. The topological polar surface area (TPSA) is 161 Å². The molecule has 0 aromatic heterocycles. The van der Waals surface area contributed by atoms with E-state index in [0.29, 0.717) is 44.1 Å². The minimum atomic E-state index is -1.96. The number of ketones is 4. The predicted octanol–water partition coefficient (Wildman–Crippen LogP) is 7.48. The Morgan fingerprint density at radius 1 is 0.871 bits per heavy atom. The molecule has 0 radical (unpaired) electrons. The van der Waals surface area contributed by atoms with Crippen molar-refractivity contribution >= 4 is 35.1 Å². The fourth-order valence-corrected chi connectivity index (χ4v) is 15.4. The zero-order chi connectivity index (χ0) is 45.7. The first-order valence-electron chi connectivity index (χ1n) is 22.9. The molecule has 0 aliphatic heterocycles. The molecule has 62 heavy (non-hydrogen) atoms. The van der Waals surface area contributed by atoms with E-state index in [1.165, 1.54) is 38.2 Å². The summed E-state index contributed by atoms with van der Waals surface area (Å²) in [4.78, 5) is 74.3. The lowest BCUT2D eigenvalue weighted by atomic mass is 9.43. The number of fused-ring (bicyclic) bond motifs is 10. The molecule has 6 fully saturated rings. The molecule has 6 saturated carbocycles. The quantitative estimate of drug-likeness (QED) is 0.149. The van der Waals surface area contributed by atoms with Crippen LogP contribution in [0.4, 0.5) is 8.78 Å². The number of ether oxygens (including phenoxy) is 2. The molecular formula is C50H66F2O10. The Bertz CT molecular complexity index is 2060. The molecule has 2 N–H and O–H groups in total. The van der Waals surface area contributed by atoms with Gasteiger partial charge in [0.2, 0.25) is 5.78 Å². The summed E-state index contributed by atoms with van der Waals surface area (Å²) in [6.07, 6.45) is 10.1. The number of carbonyl (C=O) groups is 6. The van der Waals surface area contributed by atoms with Gasteiger partial charge in [-0.25, -0.2) is 13.6 Å². The van der Waals surface area contributed by atoms with Crippen molar-refractivity contribution in [1.29, 1.82) is 0 Å². The summed E-state index contributed by atoms with van der Waals surface area (Å²) in [7, 11) is 0. The first kappa shape index (κ1) is 46.4.